The monoisotopic (exact) mass is 477 g/mol. The molecular formula is C16H24ClN4O4Pd+. The minimum Gasteiger partial charge on any atom is -0.316 e. The van der Waals surface area contributed by atoms with Crippen molar-refractivity contribution in [3.8, 4) is 11.4 Å². The summed E-state index contributed by atoms with van der Waals surface area (Å²) in [5.41, 5.74) is 1.83. The Morgan fingerprint density at radius 3 is 1.35 bits per heavy atom. The van der Waals surface area contributed by atoms with E-state index in [1.165, 1.54) is 0 Å². The Kier molecular flexibility index (Phi) is 18.3. The van der Waals surface area contributed by atoms with Crippen LogP contribution in [0.1, 0.15) is 13.8 Å². The van der Waals surface area contributed by atoms with Crippen LogP contribution in [0.15, 0.2) is 48.8 Å². The van der Waals surface area contributed by atoms with Gasteiger partial charge in [-0.3, -0.25) is 9.97 Å². The van der Waals surface area contributed by atoms with Crippen LogP contribution in [-0.2, 0) is 20.4 Å². The van der Waals surface area contributed by atoms with E-state index in [4.69, 9.17) is 18.6 Å². The maximum absolute atomic E-state index is 8.49. The second-order valence-electron chi connectivity index (χ2n) is 4.52. The SMILES string of the molecule is CCNCCNCC.[O-][Cl+3]([O-])([O-])[O-].[Pd+2].c1ccc(-c2ccccn2)nc1. The molecule has 0 aromatic carbocycles. The van der Waals surface area contributed by atoms with Gasteiger partial charge in [0.15, 0.2) is 0 Å². The molecule has 26 heavy (non-hydrogen) atoms. The predicted octanol–water partition coefficient (Wildman–Crippen LogP) is -2.41. The van der Waals surface area contributed by atoms with Crippen molar-refractivity contribution in [2.24, 2.45) is 0 Å². The number of halogens is 1. The van der Waals surface area contributed by atoms with Gasteiger partial charge in [0.05, 0.1) is 11.4 Å². The van der Waals surface area contributed by atoms with Crippen molar-refractivity contribution >= 4 is 0 Å². The normalized spacial score (nSPS) is 9.77. The molecule has 2 rings (SSSR count). The van der Waals surface area contributed by atoms with Crippen molar-refractivity contribution < 1.29 is 49.3 Å². The van der Waals surface area contributed by atoms with Gasteiger partial charge < -0.3 is 10.6 Å². The third-order valence-electron chi connectivity index (χ3n) is 2.57. The molecule has 0 spiro atoms. The fourth-order valence-electron chi connectivity index (χ4n) is 1.56. The summed E-state index contributed by atoms with van der Waals surface area (Å²) in [5.74, 6) is 0. The Morgan fingerprint density at radius 1 is 0.769 bits per heavy atom. The molecule has 0 aliphatic carbocycles. The molecule has 0 aliphatic rings. The first kappa shape index (κ1) is 27.2. The molecule has 8 nitrogen and oxygen atoms in total. The summed E-state index contributed by atoms with van der Waals surface area (Å²) in [6.07, 6.45) is 3.54. The molecule has 0 saturated heterocycles. The molecule has 0 fully saturated rings. The quantitative estimate of drug-likeness (QED) is 0.346. The van der Waals surface area contributed by atoms with E-state index in [2.05, 4.69) is 34.4 Å². The predicted molar refractivity (Wildman–Crippen MR) is 84.6 cm³/mol. The Labute approximate surface area is 170 Å². The first-order chi connectivity index (χ1) is 11.9. The van der Waals surface area contributed by atoms with Crippen LogP contribution in [-0.4, -0.2) is 36.1 Å². The van der Waals surface area contributed by atoms with Crippen molar-refractivity contribution in [2.75, 3.05) is 26.2 Å². The summed E-state index contributed by atoms with van der Waals surface area (Å²) in [6, 6.07) is 11.6. The topological polar surface area (TPSA) is 142 Å². The maximum Gasteiger partial charge on any atom is 2.00 e. The third kappa shape index (κ3) is 19.3. The Balaban J connectivity index is 0. The standard InChI is InChI=1S/C10H8N2.C6H16N2.ClHO4.Pd/c1-3-7-11-9(5-1)10-6-2-4-8-12-10;1-3-7-5-6-8-4-2;2-1(3,4)5;/h1-8H;7-8H,3-6H2,1-2H3;(H,2,3,4,5);/q;;;+2/p-1. The van der Waals surface area contributed by atoms with Crippen LogP contribution in [0.3, 0.4) is 0 Å². The Morgan fingerprint density at radius 2 is 1.12 bits per heavy atom. The molecule has 10 heteroatoms. The van der Waals surface area contributed by atoms with Crippen LogP contribution in [0.25, 0.3) is 11.4 Å². The second-order valence-corrected chi connectivity index (χ2v) is 5.27. The largest absolute Gasteiger partial charge is 2.00 e. The van der Waals surface area contributed by atoms with E-state index in [0.29, 0.717) is 0 Å². The fraction of sp³-hybridized carbons (Fsp3) is 0.375. The molecule has 148 valence electrons. The van der Waals surface area contributed by atoms with Gasteiger partial charge in [-0.15, -0.1) is 10.2 Å². The first-order valence-corrected chi connectivity index (χ1v) is 8.97. The summed E-state index contributed by atoms with van der Waals surface area (Å²) < 4.78 is 34.0. The van der Waals surface area contributed by atoms with Crippen LogP contribution >= 0.6 is 0 Å². The number of likely N-dealkylation sites (N-methyl/N-ethyl adjacent to an activating group) is 2. The van der Waals surface area contributed by atoms with Gasteiger partial charge in [0, 0.05) is 25.5 Å². The number of aromatic nitrogens is 2. The molecule has 0 bridgehead atoms. The van der Waals surface area contributed by atoms with E-state index in [1.807, 2.05) is 36.4 Å². The minimum atomic E-state index is -4.94. The van der Waals surface area contributed by atoms with Gasteiger partial charge in [0.25, 0.3) is 0 Å². The van der Waals surface area contributed by atoms with Crippen molar-refractivity contribution in [2.45, 2.75) is 13.8 Å². The molecule has 2 heterocycles. The van der Waals surface area contributed by atoms with Crippen LogP contribution in [0.5, 0.6) is 0 Å². The van der Waals surface area contributed by atoms with E-state index >= 15 is 0 Å². The van der Waals surface area contributed by atoms with Crippen molar-refractivity contribution in [1.82, 2.24) is 20.6 Å². The van der Waals surface area contributed by atoms with Gasteiger partial charge in [-0.25, -0.2) is 18.6 Å². The number of nitrogens with one attached hydrogen (secondary N) is 2. The van der Waals surface area contributed by atoms with Crippen molar-refractivity contribution in [3.05, 3.63) is 48.8 Å². The number of hydrogen-bond acceptors (Lipinski definition) is 8. The summed E-state index contributed by atoms with van der Waals surface area (Å²) >= 11 is 0. The average molecular weight is 478 g/mol. The molecule has 2 aromatic heterocycles. The number of hydrogen-bond donors (Lipinski definition) is 2. The second kappa shape index (κ2) is 17.4. The summed E-state index contributed by atoms with van der Waals surface area (Å²) in [6.45, 7) is 8.56. The first-order valence-electron chi connectivity index (χ1n) is 7.74. The molecule has 2 N–H and O–H groups in total. The molecule has 0 saturated carbocycles. The average Bonchev–Trinajstić information content (AvgIpc) is 2.60. The molecular weight excluding hydrogens is 454 g/mol. The van der Waals surface area contributed by atoms with Gasteiger partial charge in [0.2, 0.25) is 0 Å². The van der Waals surface area contributed by atoms with Crippen molar-refractivity contribution in [3.63, 3.8) is 0 Å². The molecule has 0 aliphatic heterocycles. The molecule has 0 radical (unpaired) electrons. The van der Waals surface area contributed by atoms with E-state index in [-0.39, 0.29) is 20.4 Å². The van der Waals surface area contributed by atoms with Gasteiger partial charge in [-0.1, -0.05) is 26.0 Å². The smallest absolute Gasteiger partial charge is 0.316 e. The number of nitrogens with zero attached hydrogens (tertiary/aromatic N) is 2. The van der Waals surface area contributed by atoms with Crippen LogP contribution in [0.2, 0.25) is 0 Å². The fourth-order valence-corrected chi connectivity index (χ4v) is 1.56. The zero-order valence-corrected chi connectivity index (χ0v) is 17.0. The summed E-state index contributed by atoms with van der Waals surface area (Å²) in [7, 11) is -4.94. The van der Waals surface area contributed by atoms with E-state index in [1.54, 1.807) is 12.4 Å². The van der Waals surface area contributed by atoms with Crippen LogP contribution < -0.4 is 29.3 Å². The van der Waals surface area contributed by atoms with Crippen LogP contribution in [0, 0.1) is 10.2 Å². The van der Waals surface area contributed by atoms with Gasteiger partial charge in [-0.2, -0.15) is 0 Å². The van der Waals surface area contributed by atoms with E-state index < -0.39 is 10.2 Å². The van der Waals surface area contributed by atoms with Crippen LogP contribution in [0.4, 0.5) is 0 Å². The molecule has 0 unspecified atom stereocenters. The van der Waals surface area contributed by atoms with Gasteiger partial charge in [-0.05, 0) is 37.4 Å². The summed E-state index contributed by atoms with van der Waals surface area (Å²) in [4.78, 5) is 8.37. The minimum absolute atomic E-state index is 0. The molecule has 0 atom stereocenters. The summed E-state index contributed by atoms with van der Waals surface area (Å²) in [5, 5.41) is 6.44. The number of pyridine rings is 2. The van der Waals surface area contributed by atoms with Gasteiger partial charge in [0.1, 0.15) is 0 Å². The number of rotatable bonds is 6. The molecule has 2 aromatic rings. The van der Waals surface area contributed by atoms with Gasteiger partial charge >= 0.3 is 20.4 Å². The maximum atomic E-state index is 8.49. The Hall–Kier alpha value is -0.988. The van der Waals surface area contributed by atoms with Crippen molar-refractivity contribution in [1.29, 1.82) is 0 Å². The van der Waals surface area contributed by atoms with E-state index in [9.17, 15) is 0 Å². The zero-order chi connectivity index (χ0) is 19.0. The zero-order valence-electron chi connectivity index (χ0n) is 14.7. The third-order valence-corrected chi connectivity index (χ3v) is 2.57. The molecule has 0 amide bonds. The Bertz CT molecular complexity index is 483. The van der Waals surface area contributed by atoms with E-state index in [0.717, 1.165) is 37.6 Å².